The quantitative estimate of drug-likeness (QED) is 0.707. The van der Waals surface area contributed by atoms with Gasteiger partial charge in [0.2, 0.25) is 0 Å². The van der Waals surface area contributed by atoms with Crippen molar-refractivity contribution in [1.29, 1.82) is 0 Å². The number of carboxylic acids is 1. The summed E-state index contributed by atoms with van der Waals surface area (Å²) in [6.07, 6.45) is 2.11. The van der Waals surface area contributed by atoms with Crippen molar-refractivity contribution in [2.24, 2.45) is 0 Å². The van der Waals surface area contributed by atoms with E-state index in [1.165, 1.54) is 0 Å². The number of rotatable bonds is 8. The number of carbonyl (C=O) groups is 1. The molecule has 0 fully saturated rings. The molecule has 0 saturated heterocycles. The Kier molecular flexibility index (Phi) is 7.02. The van der Waals surface area contributed by atoms with Crippen molar-refractivity contribution in [2.75, 3.05) is 25.5 Å². The molecular formula is C15H23BrN2O2. The van der Waals surface area contributed by atoms with Crippen LogP contribution in [0.15, 0.2) is 22.7 Å². The third-order valence-corrected chi connectivity index (χ3v) is 4.02. The first kappa shape index (κ1) is 17.0. The Morgan fingerprint density at radius 1 is 1.40 bits per heavy atom. The van der Waals surface area contributed by atoms with Crippen LogP contribution in [0.2, 0.25) is 0 Å². The molecule has 0 aromatic heterocycles. The summed E-state index contributed by atoms with van der Waals surface area (Å²) >= 11 is 3.28. The highest BCUT2D eigenvalue weighted by molar-refractivity contribution is 9.10. The molecule has 0 saturated carbocycles. The molecule has 1 aromatic carbocycles. The van der Waals surface area contributed by atoms with Gasteiger partial charge in [-0.2, -0.15) is 0 Å². The Morgan fingerprint density at radius 2 is 2.10 bits per heavy atom. The zero-order valence-electron chi connectivity index (χ0n) is 12.3. The molecule has 20 heavy (non-hydrogen) atoms. The van der Waals surface area contributed by atoms with Crippen molar-refractivity contribution in [1.82, 2.24) is 4.90 Å². The molecule has 0 aliphatic carbocycles. The number of nitrogens with one attached hydrogen (secondary N) is 1. The number of aromatic carboxylic acids is 1. The number of benzene rings is 1. The maximum atomic E-state index is 11.2. The largest absolute Gasteiger partial charge is 0.478 e. The number of nitrogens with zero attached hydrogens (tertiary/aromatic N) is 1. The summed E-state index contributed by atoms with van der Waals surface area (Å²) in [5.41, 5.74) is 0.968. The molecule has 1 aromatic rings. The third kappa shape index (κ3) is 5.13. The third-order valence-electron chi connectivity index (χ3n) is 3.36. The number of hydrogen-bond donors (Lipinski definition) is 2. The zero-order chi connectivity index (χ0) is 15.1. The van der Waals surface area contributed by atoms with E-state index in [0.717, 1.165) is 25.9 Å². The summed E-state index contributed by atoms with van der Waals surface area (Å²) in [5.74, 6) is -0.917. The maximum Gasteiger partial charge on any atom is 0.338 e. The van der Waals surface area contributed by atoms with E-state index in [-0.39, 0.29) is 0 Å². The van der Waals surface area contributed by atoms with Gasteiger partial charge in [-0.05, 0) is 68.3 Å². The summed E-state index contributed by atoms with van der Waals surface area (Å²) < 4.78 is 0.606. The van der Waals surface area contributed by atoms with Crippen molar-refractivity contribution in [3.05, 3.63) is 28.2 Å². The fourth-order valence-corrected chi connectivity index (χ4v) is 2.39. The first-order valence-corrected chi connectivity index (χ1v) is 7.68. The van der Waals surface area contributed by atoms with Crippen LogP contribution in [-0.4, -0.2) is 42.2 Å². The second kappa shape index (κ2) is 8.27. The Hall–Kier alpha value is -1.07. The molecule has 0 unspecified atom stereocenters. The average Bonchev–Trinajstić information content (AvgIpc) is 2.37. The van der Waals surface area contributed by atoms with Gasteiger partial charge in [0.25, 0.3) is 0 Å². The monoisotopic (exact) mass is 342 g/mol. The van der Waals surface area contributed by atoms with Gasteiger partial charge in [0.05, 0.1) is 5.56 Å². The van der Waals surface area contributed by atoms with Crippen LogP contribution in [0.5, 0.6) is 0 Å². The van der Waals surface area contributed by atoms with E-state index in [2.05, 4.69) is 47.0 Å². The van der Waals surface area contributed by atoms with Crippen LogP contribution in [0, 0.1) is 0 Å². The van der Waals surface area contributed by atoms with Crippen LogP contribution in [-0.2, 0) is 0 Å². The minimum absolute atomic E-state index is 0.298. The number of anilines is 1. The molecule has 0 aliphatic heterocycles. The van der Waals surface area contributed by atoms with Crippen LogP contribution in [0.25, 0.3) is 0 Å². The molecule has 0 spiro atoms. The summed E-state index contributed by atoms with van der Waals surface area (Å²) in [7, 11) is 2.12. The summed E-state index contributed by atoms with van der Waals surface area (Å²) in [6.45, 7) is 6.20. The summed E-state index contributed by atoms with van der Waals surface area (Å²) in [6, 6.07) is 5.94. The van der Waals surface area contributed by atoms with Gasteiger partial charge in [-0.3, -0.25) is 0 Å². The Labute approximate surface area is 129 Å². The summed E-state index contributed by atoms with van der Waals surface area (Å²) in [5, 5.41) is 12.4. The number of unbranched alkanes of at least 4 members (excludes halogenated alkanes) is 1. The van der Waals surface area contributed by atoms with Gasteiger partial charge in [0.1, 0.15) is 0 Å². The second-order valence-corrected chi connectivity index (χ2v) is 6.03. The van der Waals surface area contributed by atoms with Crippen LogP contribution < -0.4 is 5.32 Å². The smallest absolute Gasteiger partial charge is 0.338 e. The minimum Gasteiger partial charge on any atom is -0.478 e. The van der Waals surface area contributed by atoms with Crippen molar-refractivity contribution < 1.29 is 9.90 Å². The van der Waals surface area contributed by atoms with Gasteiger partial charge < -0.3 is 15.3 Å². The minimum atomic E-state index is -0.917. The van der Waals surface area contributed by atoms with E-state index in [4.69, 9.17) is 0 Å². The molecule has 2 N–H and O–H groups in total. The molecule has 0 radical (unpaired) electrons. The first-order valence-electron chi connectivity index (χ1n) is 6.89. The zero-order valence-corrected chi connectivity index (χ0v) is 13.9. The summed E-state index contributed by atoms with van der Waals surface area (Å²) in [4.78, 5) is 13.5. The van der Waals surface area contributed by atoms with E-state index in [1.54, 1.807) is 12.1 Å². The molecule has 0 bridgehead atoms. The van der Waals surface area contributed by atoms with Crippen LogP contribution in [0.4, 0.5) is 5.69 Å². The van der Waals surface area contributed by atoms with E-state index >= 15 is 0 Å². The van der Waals surface area contributed by atoms with E-state index in [1.807, 2.05) is 6.07 Å². The number of halogens is 1. The Bertz CT molecular complexity index is 449. The molecule has 1 rings (SSSR count). The predicted molar refractivity (Wildman–Crippen MR) is 86.6 cm³/mol. The van der Waals surface area contributed by atoms with Gasteiger partial charge in [-0.15, -0.1) is 0 Å². The molecule has 5 heteroatoms. The van der Waals surface area contributed by atoms with Crippen molar-refractivity contribution in [3.8, 4) is 0 Å². The second-order valence-electron chi connectivity index (χ2n) is 5.18. The Balaban J connectivity index is 2.43. The highest BCUT2D eigenvalue weighted by Crippen LogP contribution is 2.24. The SMILES string of the molecule is CC(C)N(C)CCCCNc1cccc(Br)c1C(=O)O. The molecular weight excluding hydrogens is 320 g/mol. The van der Waals surface area contributed by atoms with E-state index in [0.29, 0.717) is 21.8 Å². The maximum absolute atomic E-state index is 11.2. The van der Waals surface area contributed by atoms with Gasteiger partial charge in [0, 0.05) is 22.7 Å². The first-order chi connectivity index (χ1) is 9.43. The fraction of sp³-hybridized carbons (Fsp3) is 0.533. The van der Waals surface area contributed by atoms with Gasteiger partial charge >= 0.3 is 5.97 Å². The molecule has 0 amide bonds. The normalized spacial score (nSPS) is 11.1. The number of carboxylic acid groups (broad SMARTS) is 1. The Morgan fingerprint density at radius 3 is 2.70 bits per heavy atom. The fourth-order valence-electron chi connectivity index (χ4n) is 1.86. The van der Waals surface area contributed by atoms with Crippen LogP contribution in [0.3, 0.4) is 0 Å². The lowest BCUT2D eigenvalue weighted by Crippen LogP contribution is -2.27. The van der Waals surface area contributed by atoms with Gasteiger partial charge in [-0.25, -0.2) is 4.79 Å². The van der Waals surface area contributed by atoms with E-state index < -0.39 is 5.97 Å². The number of hydrogen-bond acceptors (Lipinski definition) is 3. The molecule has 4 nitrogen and oxygen atoms in total. The molecule has 112 valence electrons. The standard InChI is InChI=1S/C15H23BrN2O2/c1-11(2)18(3)10-5-4-9-17-13-8-6-7-12(16)14(13)15(19)20/h6-8,11,17H,4-5,9-10H2,1-3H3,(H,19,20). The predicted octanol–water partition coefficient (Wildman–Crippen LogP) is 3.68. The molecule has 0 aliphatic rings. The topological polar surface area (TPSA) is 52.6 Å². The van der Waals surface area contributed by atoms with Gasteiger partial charge in [-0.1, -0.05) is 6.07 Å². The molecule has 0 heterocycles. The van der Waals surface area contributed by atoms with Gasteiger partial charge in [0.15, 0.2) is 0 Å². The molecule has 0 atom stereocenters. The van der Waals surface area contributed by atoms with E-state index in [9.17, 15) is 9.90 Å². The van der Waals surface area contributed by atoms with Crippen molar-refractivity contribution >= 4 is 27.6 Å². The lowest BCUT2D eigenvalue weighted by atomic mass is 10.1. The van der Waals surface area contributed by atoms with Crippen molar-refractivity contribution in [3.63, 3.8) is 0 Å². The van der Waals surface area contributed by atoms with Crippen molar-refractivity contribution in [2.45, 2.75) is 32.7 Å². The highest BCUT2D eigenvalue weighted by Gasteiger charge is 2.13. The average molecular weight is 343 g/mol. The van der Waals surface area contributed by atoms with Crippen LogP contribution >= 0.6 is 15.9 Å². The highest BCUT2D eigenvalue weighted by atomic mass is 79.9. The lowest BCUT2D eigenvalue weighted by Gasteiger charge is -2.20. The lowest BCUT2D eigenvalue weighted by molar-refractivity contribution is 0.0697. The van der Waals surface area contributed by atoms with Crippen LogP contribution in [0.1, 0.15) is 37.0 Å².